The molecule has 0 spiro atoms. The van der Waals surface area contributed by atoms with Crippen LogP contribution < -0.4 is 0 Å². The van der Waals surface area contributed by atoms with E-state index in [-0.39, 0.29) is 51.7 Å². The van der Waals surface area contributed by atoms with E-state index in [0.717, 1.165) is 13.8 Å². The van der Waals surface area contributed by atoms with E-state index in [1.807, 2.05) is 0 Å². The van der Waals surface area contributed by atoms with Crippen LogP contribution in [0.5, 0.6) is 0 Å². The molecule has 62 valence electrons. The predicted octanol–water partition coefficient (Wildman–Crippen LogP) is -2.70. The fourth-order valence-electron chi connectivity index (χ4n) is 0.202. The van der Waals surface area contributed by atoms with Gasteiger partial charge in [-0.3, -0.25) is 9.59 Å². The molecule has 0 saturated carbocycles. The molecule has 0 aliphatic heterocycles. The number of ether oxygens (including phenoxy) is 1. The molecule has 0 N–H and O–H groups in total. The normalized spacial score (nSPS) is 6.73. The van der Waals surface area contributed by atoms with Gasteiger partial charge in [-0.1, -0.05) is 0 Å². The second-order valence-electron chi connectivity index (χ2n) is 1.44. The SMILES string of the molecule is CC(=O)OC(=O)C(C)=O.[InH3].[InH3]. The van der Waals surface area contributed by atoms with Crippen molar-refractivity contribution in [3.05, 3.63) is 0 Å². The Hall–Kier alpha value is 0.550. The van der Waals surface area contributed by atoms with Crippen molar-refractivity contribution in [1.82, 2.24) is 0 Å². The summed E-state index contributed by atoms with van der Waals surface area (Å²) >= 11 is 0. The van der Waals surface area contributed by atoms with Crippen LogP contribution in [0.15, 0.2) is 0 Å². The molecule has 0 rings (SSSR count). The molecule has 0 radical (unpaired) electrons. The summed E-state index contributed by atoms with van der Waals surface area (Å²) in [5.41, 5.74) is 0. The summed E-state index contributed by atoms with van der Waals surface area (Å²) in [7, 11) is 0. The molecular formula is C5H12In2O4. The van der Waals surface area contributed by atoms with Gasteiger partial charge < -0.3 is 4.74 Å². The quantitative estimate of drug-likeness (QED) is 0.288. The molecule has 0 aromatic rings. The van der Waals surface area contributed by atoms with Gasteiger partial charge >= 0.3 is 63.6 Å². The maximum absolute atomic E-state index is 10.2. The summed E-state index contributed by atoms with van der Waals surface area (Å²) in [6, 6.07) is 0. The molecule has 11 heavy (non-hydrogen) atoms. The molecule has 0 aliphatic carbocycles. The van der Waals surface area contributed by atoms with Gasteiger partial charge in [-0.2, -0.15) is 0 Å². The Morgan fingerprint density at radius 1 is 1.00 bits per heavy atom. The van der Waals surface area contributed by atoms with Crippen LogP contribution in [0, 0.1) is 0 Å². The van der Waals surface area contributed by atoms with Gasteiger partial charge in [-0.05, 0) is 0 Å². The molecule has 6 heteroatoms. The first kappa shape index (κ1) is 17.6. The summed E-state index contributed by atoms with van der Waals surface area (Å²) in [4.78, 5) is 30.2. The van der Waals surface area contributed by atoms with Gasteiger partial charge in [-0.25, -0.2) is 4.79 Å². The van der Waals surface area contributed by atoms with Crippen molar-refractivity contribution in [2.45, 2.75) is 13.8 Å². The number of rotatable bonds is 1. The van der Waals surface area contributed by atoms with Gasteiger partial charge in [-0.15, -0.1) is 0 Å². The predicted molar refractivity (Wildman–Crippen MR) is 47.3 cm³/mol. The van der Waals surface area contributed by atoms with Crippen molar-refractivity contribution in [1.29, 1.82) is 0 Å². The van der Waals surface area contributed by atoms with Gasteiger partial charge in [0.2, 0.25) is 5.78 Å². The molecule has 0 aliphatic rings. The minimum absolute atomic E-state index is 0. The van der Waals surface area contributed by atoms with Gasteiger partial charge in [0.15, 0.2) is 0 Å². The second kappa shape index (κ2) is 8.65. The zero-order valence-corrected chi connectivity index (χ0v) is 5.13. The number of carbonyl (C=O) groups excluding carboxylic acids is 3. The zero-order chi connectivity index (χ0) is 7.44. The Bertz CT molecular complexity index is 166. The number of ketones is 1. The summed E-state index contributed by atoms with van der Waals surface area (Å²) < 4.78 is 3.88. The molecule has 0 unspecified atom stereocenters. The standard InChI is InChI=1S/C5H6O4.2In.6H/c1-3(6)5(8)9-4(2)7;;;;;;;;/h1-2H3;;;;;;;;. The monoisotopic (exact) mass is 366 g/mol. The Kier molecular flexibility index (Phi) is 13.8. The van der Waals surface area contributed by atoms with Crippen LogP contribution in [0.3, 0.4) is 0 Å². The van der Waals surface area contributed by atoms with E-state index < -0.39 is 17.7 Å². The first-order valence-electron chi connectivity index (χ1n) is 2.27. The van der Waals surface area contributed by atoms with E-state index in [1.54, 1.807) is 0 Å². The van der Waals surface area contributed by atoms with E-state index in [1.165, 1.54) is 0 Å². The molecule has 0 aromatic heterocycles. The van der Waals surface area contributed by atoms with E-state index in [2.05, 4.69) is 4.74 Å². The van der Waals surface area contributed by atoms with E-state index in [0.29, 0.717) is 0 Å². The Morgan fingerprint density at radius 3 is 1.45 bits per heavy atom. The van der Waals surface area contributed by atoms with Gasteiger partial charge in [0.05, 0.1) is 0 Å². The first-order chi connectivity index (χ1) is 4.04. The summed E-state index contributed by atoms with van der Waals surface area (Å²) in [6.07, 6.45) is 0. The van der Waals surface area contributed by atoms with E-state index in [9.17, 15) is 14.4 Å². The minimum atomic E-state index is -1.11. The third-order valence-corrected chi connectivity index (χ3v) is 0.524. The summed E-state index contributed by atoms with van der Waals surface area (Å²) in [5, 5.41) is 0. The van der Waals surface area contributed by atoms with Gasteiger partial charge in [0.25, 0.3) is 0 Å². The summed E-state index contributed by atoms with van der Waals surface area (Å²) in [6.45, 7) is 2.09. The number of hydrogen-bond donors (Lipinski definition) is 0. The van der Waals surface area contributed by atoms with Crippen molar-refractivity contribution in [3.8, 4) is 0 Å². The van der Waals surface area contributed by atoms with E-state index >= 15 is 0 Å². The number of esters is 2. The Morgan fingerprint density at radius 2 is 1.36 bits per heavy atom. The molecule has 0 heterocycles. The van der Waals surface area contributed by atoms with Crippen LogP contribution in [0.4, 0.5) is 0 Å². The van der Waals surface area contributed by atoms with Gasteiger partial charge in [0.1, 0.15) is 0 Å². The molecule has 0 saturated heterocycles. The van der Waals surface area contributed by atoms with E-state index in [4.69, 9.17) is 0 Å². The average Bonchev–Trinajstić information content (AvgIpc) is 1.63. The summed E-state index contributed by atoms with van der Waals surface area (Å²) in [5.74, 6) is -2.65. The van der Waals surface area contributed by atoms with Crippen LogP contribution in [-0.4, -0.2) is 69.4 Å². The van der Waals surface area contributed by atoms with Crippen LogP contribution >= 0.6 is 0 Å². The zero-order valence-electron chi connectivity index (χ0n) is 5.13. The third-order valence-electron chi connectivity index (χ3n) is 0.524. The van der Waals surface area contributed by atoms with Crippen LogP contribution in [-0.2, 0) is 19.1 Å². The fraction of sp³-hybridized carbons (Fsp3) is 0.400. The number of hydrogen-bond acceptors (Lipinski definition) is 4. The fourth-order valence-corrected chi connectivity index (χ4v) is 0.202. The first-order valence-corrected chi connectivity index (χ1v) is 2.27. The van der Waals surface area contributed by atoms with Crippen LogP contribution in [0.1, 0.15) is 13.8 Å². The van der Waals surface area contributed by atoms with Crippen LogP contribution in [0.2, 0.25) is 0 Å². The second-order valence-corrected chi connectivity index (χ2v) is 1.44. The molecule has 0 amide bonds. The molecular weight excluding hydrogens is 354 g/mol. The van der Waals surface area contributed by atoms with Crippen LogP contribution in [0.25, 0.3) is 0 Å². The van der Waals surface area contributed by atoms with Crippen molar-refractivity contribution in [2.75, 3.05) is 0 Å². The van der Waals surface area contributed by atoms with Gasteiger partial charge in [0, 0.05) is 13.8 Å². The third kappa shape index (κ3) is 10.6. The van der Waals surface area contributed by atoms with Crippen molar-refractivity contribution in [2.24, 2.45) is 0 Å². The molecule has 0 aromatic carbocycles. The maximum atomic E-state index is 10.2. The Labute approximate surface area is 102 Å². The number of Topliss-reactive ketones (excluding diaryl/α,β-unsaturated/α-hetero) is 1. The Balaban J connectivity index is -0.000000320. The molecule has 4 nitrogen and oxygen atoms in total. The van der Waals surface area contributed by atoms with Crippen molar-refractivity contribution in [3.63, 3.8) is 0 Å². The molecule has 0 fully saturated rings. The molecule has 0 atom stereocenters. The molecule has 0 bridgehead atoms. The number of carbonyl (C=O) groups is 3. The van der Waals surface area contributed by atoms with Crippen molar-refractivity contribution < 1.29 is 19.1 Å². The van der Waals surface area contributed by atoms with Crippen molar-refractivity contribution >= 4 is 69.4 Å². The average molecular weight is 366 g/mol. The topological polar surface area (TPSA) is 60.4 Å².